The Kier molecular flexibility index (Phi) is 4.28. The van der Waals surface area contributed by atoms with Gasteiger partial charge in [0, 0.05) is 21.8 Å². The van der Waals surface area contributed by atoms with Crippen LogP contribution in [0.15, 0.2) is 84.9 Å². The first kappa shape index (κ1) is 21.2. The number of fused-ring (bicyclic) bond motifs is 4. The maximum absolute atomic E-state index is 3.72. The first-order chi connectivity index (χ1) is 16.1. The average molecular weight is 444 g/mol. The van der Waals surface area contributed by atoms with Crippen molar-refractivity contribution >= 4 is 21.8 Å². The van der Waals surface area contributed by atoms with Crippen LogP contribution >= 0.6 is 0 Å². The molecule has 0 saturated carbocycles. The van der Waals surface area contributed by atoms with E-state index < -0.39 is 0 Å². The lowest BCUT2D eigenvalue weighted by atomic mass is 9.59. The fourth-order valence-electron chi connectivity index (χ4n) is 6.12. The largest absolute Gasteiger partial charge is 0.355 e. The zero-order valence-electron chi connectivity index (χ0n) is 21.1. The van der Waals surface area contributed by atoms with E-state index in [1.54, 1.807) is 0 Å². The Morgan fingerprint density at radius 3 is 1.74 bits per heavy atom. The standard InChI is InChI=1S/C33H33N/c1-31(2)27-19-26-25-18-24(23-14-10-13-22(17-23)21-11-8-7-9-12-21)15-16-29(25)34-30(26)20-28(27)32(3,4)33(31,5)6/h7-20,34H,1-6H3. The summed E-state index contributed by atoms with van der Waals surface area (Å²) >= 11 is 0. The van der Waals surface area contributed by atoms with Crippen molar-refractivity contribution in [2.75, 3.05) is 0 Å². The number of benzene rings is 4. The summed E-state index contributed by atoms with van der Waals surface area (Å²) in [5.41, 5.74) is 10.8. The van der Waals surface area contributed by atoms with Gasteiger partial charge in [-0.3, -0.25) is 0 Å². The number of H-pyrrole nitrogens is 1. The Balaban J connectivity index is 1.53. The summed E-state index contributed by atoms with van der Waals surface area (Å²) in [6.07, 6.45) is 0. The van der Waals surface area contributed by atoms with Gasteiger partial charge in [-0.1, -0.05) is 96.1 Å². The van der Waals surface area contributed by atoms with Crippen molar-refractivity contribution in [2.24, 2.45) is 5.41 Å². The van der Waals surface area contributed by atoms with Crippen LogP contribution in [0.1, 0.15) is 52.7 Å². The van der Waals surface area contributed by atoms with Crippen LogP contribution < -0.4 is 0 Å². The highest BCUT2D eigenvalue weighted by Gasteiger charge is 2.56. The lowest BCUT2D eigenvalue weighted by molar-refractivity contribution is 0.125. The van der Waals surface area contributed by atoms with Gasteiger partial charge >= 0.3 is 0 Å². The van der Waals surface area contributed by atoms with E-state index in [2.05, 4.69) is 131 Å². The van der Waals surface area contributed by atoms with Crippen LogP contribution in [0, 0.1) is 5.41 Å². The monoisotopic (exact) mass is 443 g/mol. The van der Waals surface area contributed by atoms with Crippen LogP contribution in [-0.2, 0) is 10.8 Å². The Morgan fingerprint density at radius 2 is 1.03 bits per heavy atom. The van der Waals surface area contributed by atoms with Crippen molar-refractivity contribution in [3.63, 3.8) is 0 Å². The fraction of sp³-hybridized carbons (Fsp3) is 0.273. The molecule has 0 atom stereocenters. The molecule has 1 nitrogen and oxygen atoms in total. The smallest absolute Gasteiger partial charge is 0.0468 e. The van der Waals surface area contributed by atoms with E-state index >= 15 is 0 Å². The molecule has 1 heterocycles. The van der Waals surface area contributed by atoms with Crippen molar-refractivity contribution in [1.29, 1.82) is 0 Å². The van der Waals surface area contributed by atoms with Gasteiger partial charge in [0.15, 0.2) is 0 Å². The second-order valence-electron chi connectivity index (χ2n) is 11.7. The third-order valence-corrected chi connectivity index (χ3v) is 9.51. The van der Waals surface area contributed by atoms with Gasteiger partial charge in [-0.05, 0) is 80.0 Å². The van der Waals surface area contributed by atoms with Gasteiger partial charge in [0.05, 0.1) is 0 Å². The molecule has 0 fully saturated rings. The van der Waals surface area contributed by atoms with Gasteiger partial charge in [-0.15, -0.1) is 0 Å². The zero-order chi connectivity index (χ0) is 23.9. The number of nitrogens with one attached hydrogen (secondary N) is 1. The summed E-state index contributed by atoms with van der Waals surface area (Å²) in [7, 11) is 0. The highest BCUT2D eigenvalue weighted by atomic mass is 14.7. The highest BCUT2D eigenvalue weighted by Crippen LogP contribution is 2.62. The molecule has 5 aromatic rings. The number of hydrogen-bond acceptors (Lipinski definition) is 0. The van der Waals surface area contributed by atoms with Gasteiger partial charge in [0.1, 0.15) is 0 Å². The molecule has 1 aliphatic rings. The first-order valence-corrected chi connectivity index (χ1v) is 12.4. The van der Waals surface area contributed by atoms with Crippen LogP contribution in [0.4, 0.5) is 0 Å². The van der Waals surface area contributed by atoms with Crippen molar-refractivity contribution in [3.05, 3.63) is 96.1 Å². The molecule has 1 heteroatoms. The fourth-order valence-corrected chi connectivity index (χ4v) is 6.12. The normalized spacial score (nSPS) is 17.8. The van der Waals surface area contributed by atoms with Crippen LogP contribution in [-0.4, -0.2) is 4.98 Å². The lowest BCUT2D eigenvalue weighted by Gasteiger charge is -2.44. The van der Waals surface area contributed by atoms with Crippen LogP contribution in [0.5, 0.6) is 0 Å². The molecule has 0 aliphatic heterocycles. The quantitative estimate of drug-likeness (QED) is 0.280. The number of hydrogen-bond donors (Lipinski definition) is 1. The molecular weight excluding hydrogens is 410 g/mol. The van der Waals surface area contributed by atoms with E-state index in [0.29, 0.717) is 0 Å². The first-order valence-electron chi connectivity index (χ1n) is 12.4. The Bertz CT molecular complexity index is 1560. The number of rotatable bonds is 2. The topological polar surface area (TPSA) is 15.8 Å². The summed E-state index contributed by atoms with van der Waals surface area (Å²) in [6.45, 7) is 14.5. The van der Waals surface area contributed by atoms with Crippen molar-refractivity contribution < 1.29 is 0 Å². The lowest BCUT2D eigenvalue weighted by Crippen LogP contribution is -2.42. The van der Waals surface area contributed by atoms with E-state index in [-0.39, 0.29) is 16.2 Å². The summed E-state index contributed by atoms with van der Waals surface area (Å²) in [5.74, 6) is 0. The van der Waals surface area contributed by atoms with Crippen LogP contribution in [0.3, 0.4) is 0 Å². The van der Waals surface area contributed by atoms with Crippen LogP contribution in [0.25, 0.3) is 44.1 Å². The van der Waals surface area contributed by atoms with Crippen LogP contribution in [0.2, 0.25) is 0 Å². The van der Waals surface area contributed by atoms with E-state index in [0.717, 1.165) is 0 Å². The third-order valence-electron chi connectivity index (χ3n) is 9.51. The third kappa shape index (κ3) is 2.73. The maximum atomic E-state index is 3.72. The molecule has 170 valence electrons. The minimum atomic E-state index is 0.102. The van der Waals surface area contributed by atoms with E-state index in [4.69, 9.17) is 0 Å². The van der Waals surface area contributed by atoms with Gasteiger partial charge < -0.3 is 4.98 Å². The molecule has 0 unspecified atom stereocenters. The van der Waals surface area contributed by atoms with Gasteiger partial charge in [-0.25, -0.2) is 0 Å². The Hall–Kier alpha value is -3.32. The van der Waals surface area contributed by atoms with E-state index in [1.165, 1.54) is 55.2 Å². The molecule has 4 aromatic carbocycles. The van der Waals surface area contributed by atoms with Gasteiger partial charge in [-0.2, -0.15) is 0 Å². The molecule has 34 heavy (non-hydrogen) atoms. The average Bonchev–Trinajstić information content (AvgIpc) is 3.24. The van der Waals surface area contributed by atoms with E-state index in [1.807, 2.05) is 0 Å². The van der Waals surface area contributed by atoms with Gasteiger partial charge in [0.25, 0.3) is 0 Å². The molecule has 0 saturated heterocycles. The maximum Gasteiger partial charge on any atom is 0.0468 e. The molecular formula is C33H33N. The molecule has 6 rings (SSSR count). The zero-order valence-corrected chi connectivity index (χ0v) is 21.1. The Morgan fingerprint density at radius 1 is 0.471 bits per heavy atom. The molecule has 1 aromatic heterocycles. The summed E-state index contributed by atoms with van der Waals surface area (Å²) in [6, 6.07) is 31.2. The van der Waals surface area contributed by atoms with Crippen molar-refractivity contribution in [2.45, 2.75) is 52.4 Å². The summed E-state index contributed by atoms with van der Waals surface area (Å²) in [5, 5.41) is 2.63. The second-order valence-corrected chi connectivity index (χ2v) is 11.7. The number of aromatic nitrogens is 1. The van der Waals surface area contributed by atoms with Crippen molar-refractivity contribution in [3.8, 4) is 22.3 Å². The summed E-state index contributed by atoms with van der Waals surface area (Å²) in [4.78, 5) is 3.72. The minimum absolute atomic E-state index is 0.102. The molecule has 0 spiro atoms. The molecule has 0 bridgehead atoms. The van der Waals surface area contributed by atoms with E-state index in [9.17, 15) is 0 Å². The number of aromatic amines is 1. The minimum Gasteiger partial charge on any atom is -0.355 e. The summed E-state index contributed by atoms with van der Waals surface area (Å²) < 4.78 is 0. The SMILES string of the molecule is CC1(C)c2cc3[nH]c4ccc(-c5cccc(-c6ccccc6)c5)cc4c3cc2C(C)(C)C1(C)C. The Labute approximate surface area is 202 Å². The van der Waals surface area contributed by atoms with Crippen molar-refractivity contribution in [1.82, 2.24) is 4.98 Å². The van der Waals surface area contributed by atoms with Gasteiger partial charge in [0.2, 0.25) is 0 Å². The highest BCUT2D eigenvalue weighted by molar-refractivity contribution is 6.09. The predicted molar refractivity (Wildman–Crippen MR) is 147 cm³/mol. The molecule has 1 aliphatic carbocycles. The second kappa shape index (κ2) is 6.85. The molecule has 0 radical (unpaired) electrons. The molecule has 0 amide bonds. The molecule has 1 N–H and O–H groups in total. The predicted octanol–water partition coefficient (Wildman–Crippen LogP) is 9.25.